The van der Waals surface area contributed by atoms with Crippen molar-refractivity contribution in [3.05, 3.63) is 29.3 Å². The summed E-state index contributed by atoms with van der Waals surface area (Å²) < 4.78 is 0. The molecule has 4 N–H and O–H groups in total. The Hall–Kier alpha value is -1.88. The van der Waals surface area contributed by atoms with Crippen LogP contribution in [0, 0.1) is 12.3 Å². The van der Waals surface area contributed by atoms with Crippen LogP contribution in [0.25, 0.3) is 0 Å². The maximum atomic E-state index is 12.4. The van der Waals surface area contributed by atoms with Gasteiger partial charge in [-0.1, -0.05) is 6.42 Å². The van der Waals surface area contributed by atoms with Gasteiger partial charge in [-0.2, -0.15) is 0 Å². The Morgan fingerprint density at radius 1 is 1.45 bits per heavy atom. The average Bonchev–Trinajstić information content (AvgIpc) is 2.73. The summed E-state index contributed by atoms with van der Waals surface area (Å²) in [4.78, 5) is 23.3. The Balaban J connectivity index is 2.18. The van der Waals surface area contributed by atoms with Crippen molar-refractivity contribution in [2.45, 2.75) is 39.2 Å². The van der Waals surface area contributed by atoms with Crippen molar-refractivity contribution >= 4 is 17.6 Å². The van der Waals surface area contributed by atoms with Crippen LogP contribution in [0.2, 0.25) is 0 Å². The van der Waals surface area contributed by atoms with Crippen LogP contribution in [0.5, 0.6) is 0 Å². The first-order valence-electron chi connectivity index (χ1n) is 6.75. The normalized spacial score (nSPS) is 25.4. The van der Waals surface area contributed by atoms with Crippen molar-refractivity contribution in [1.82, 2.24) is 0 Å². The molecule has 1 aromatic rings. The molecule has 0 aliphatic heterocycles. The van der Waals surface area contributed by atoms with E-state index in [4.69, 9.17) is 10.8 Å². The van der Waals surface area contributed by atoms with Gasteiger partial charge in [-0.25, -0.2) is 4.79 Å². The van der Waals surface area contributed by atoms with E-state index >= 15 is 0 Å². The highest BCUT2D eigenvalue weighted by molar-refractivity contribution is 5.97. The third-order valence-electron chi connectivity index (χ3n) is 4.27. The highest BCUT2D eigenvalue weighted by atomic mass is 16.4. The van der Waals surface area contributed by atoms with Gasteiger partial charge in [0.05, 0.1) is 11.0 Å². The molecule has 0 aromatic heterocycles. The van der Waals surface area contributed by atoms with E-state index in [2.05, 4.69) is 5.32 Å². The van der Waals surface area contributed by atoms with Crippen molar-refractivity contribution in [2.75, 3.05) is 5.32 Å². The largest absolute Gasteiger partial charge is 0.478 e. The second kappa shape index (κ2) is 5.25. The molecule has 2 atom stereocenters. The predicted octanol–water partition coefficient (Wildman–Crippen LogP) is 2.15. The van der Waals surface area contributed by atoms with Crippen molar-refractivity contribution in [1.29, 1.82) is 0 Å². The summed E-state index contributed by atoms with van der Waals surface area (Å²) >= 11 is 0. The lowest BCUT2D eigenvalue weighted by molar-refractivity contribution is -0.125. The summed E-state index contributed by atoms with van der Waals surface area (Å²) in [7, 11) is 0. The van der Waals surface area contributed by atoms with Gasteiger partial charge in [-0.15, -0.1) is 0 Å². The van der Waals surface area contributed by atoms with Gasteiger partial charge in [0, 0.05) is 11.7 Å². The minimum Gasteiger partial charge on any atom is -0.478 e. The summed E-state index contributed by atoms with van der Waals surface area (Å²) in [6.45, 7) is 3.67. The maximum absolute atomic E-state index is 12.4. The van der Waals surface area contributed by atoms with Gasteiger partial charge in [0.1, 0.15) is 0 Å². The highest BCUT2D eigenvalue weighted by Crippen LogP contribution is 2.37. The number of amides is 1. The minimum absolute atomic E-state index is 0.0892. The van der Waals surface area contributed by atoms with Gasteiger partial charge in [-0.3, -0.25) is 4.79 Å². The molecule has 20 heavy (non-hydrogen) atoms. The number of hydrogen-bond donors (Lipinski definition) is 3. The van der Waals surface area contributed by atoms with E-state index < -0.39 is 11.4 Å². The molecule has 0 saturated heterocycles. The Bertz CT molecular complexity index is 556. The SMILES string of the molecule is Cc1cc(C(=O)O)ccc1NC(=O)C1(C)CCCC1N. The number of carbonyl (C=O) groups excluding carboxylic acids is 1. The van der Waals surface area contributed by atoms with E-state index in [9.17, 15) is 9.59 Å². The Morgan fingerprint density at radius 3 is 2.65 bits per heavy atom. The summed E-state index contributed by atoms with van der Waals surface area (Å²) in [6, 6.07) is 4.54. The highest BCUT2D eigenvalue weighted by Gasteiger charge is 2.43. The second-order valence-electron chi connectivity index (χ2n) is 5.71. The van der Waals surface area contributed by atoms with Crippen molar-refractivity contribution < 1.29 is 14.7 Å². The van der Waals surface area contributed by atoms with Crippen LogP contribution < -0.4 is 11.1 Å². The molecular weight excluding hydrogens is 256 g/mol. The Kier molecular flexibility index (Phi) is 3.81. The molecule has 0 radical (unpaired) electrons. The molecule has 1 amide bonds. The quantitative estimate of drug-likeness (QED) is 0.788. The van der Waals surface area contributed by atoms with Crippen LogP contribution in [-0.4, -0.2) is 23.0 Å². The van der Waals surface area contributed by atoms with E-state index in [0.717, 1.165) is 24.8 Å². The van der Waals surface area contributed by atoms with Crippen molar-refractivity contribution in [3.63, 3.8) is 0 Å². The number of carboxylic acids is 1. The summed E-state index contributed by atoms with van der Waals surface area (Å²) in [5, 5.41) is 11.8. The van der Waals surface area contributed by atoms with Crippen molar-refractivity contribution in [3.8, 4) is 0 Å². The Morgan fingerprint density at radius 2 is 2.15 bits per heavy atom. The van der Waals surface area contributed by atoms with Gasteiger partial charge in [0.15, 0.2) is 0 Å². The Labute approximate surface area is 118 Å². The molecule has 2 rings (SSSR count). The maximum Gasteiger partial charge on any atom is 0.335 e. The molecule has 5 heteroatoms. The molecule has 1 aromatic carbocycles. The summed E-state index contributed by atoms with van der Waals surface area (Å²) in [6.07, 6.45) is 2.61. The molecule has 1 saturated carbocycles. The summed E-state index contributed by atoms with van der Waals surface area (Å²) in [5.74, 6) is -1.07. The zero-order valence-electron chi connectivity index (χ0n) is 11.8. The van der Waals surface area contributed by atoms with E-state index in [1.54, 1.807) is 19.1 Å². The molecule has 1 fully saturated rings. The zero-order chi connectivity index (χ0) is 14.9. The van der Waals surface area contributed by atoms with E-state index in [1.165, 1.54) is 6.07 Å². The molecule has 0 spiro atoms. The first-order chi connectivity index (χ1) is 9.34. The fourth-order valence-corrected chi connectivity index (χ4v) is 2.68. The van der Waals surface area contributed by atoms with E-state index in [-0.39, 0.29) is 17.5 Å². The van der Waals surface area contributed by atoms with Crippen molar-refractivity contribution in [2.24, 2.45) is 11.1 Å². The van der Waals surface area contributed by atoms with Gasteiger partial charge >= 0.3 is 5.97 Å². The molecule has 108 valence electrons. The van der Waals surface area contributed by atoms with Crippen LogP contribution in [0.4, 0.5) is 5.69 Å². The first kappa shape index (κ1) is 14.5. The fraction of sp³-hybridized carbons (Fsp3) is 0.467. The standard InChI is InChI=1S/C15H20N2O3/c1-9-8-10(13(18)19)5-6-11(9)17-14(20)15(2)7-3-4-12(15)16/h5-6,8,12H,3-4,7,16H2,1-2H3,(H,17,20)(H,18,19). The summed E-state index contributed by atoms with van der Waals surface area (Å²) in [5.41, 5.74) is 7.07. The average molecular weight is 276 g/mol. The van der Waals surface area contributed by atoms with E-state index in [0.29, 0.717) is 5.69 Å². The van der Waals surface area contributed by atoms with Crippen LogP contribution in [-0.2, 0) is 4.79 Å². The smallest absolute Gasteiger partial charge is 0.335 e. The second-order valence-corrected chi connectivity index (χ2v) is 5.71. The molecule has 5 nitrogen and oxygen atoms in total. The molecular formula is C15H20N2O3. The van der Waals surface area contributed by atoms with Crippen LogP contribution in [0.1, 0.15) is 42.1 Å². The van der Waals surface area contributed by atoms with Gasteiger partial charge in [-0.05, 0) is 50.5 Å². The zero-order valence-corrected chi connectivity index (χ0v) is 11.8. The lowest BCUT2D eigenvalue weighted by Gasteiger charge is -2.27. The fourth-order valence-electron chi connectivity index (χ4n) is 2.68. The molecule has 2 unspecified atom stereocenters. The third-order valence-corrected chi connectivity index (χ3v) is 4.27. The van der Waals surface area contributed by atoms with Gasteiger partial charge in [0.2, 0.25) is 5.91 Å². The van der Waals surface area contributed by atoms with Crippen LogP contribution >= 0.6 is 0 Å². The predicted molar refractivity (Wildman–Crippen MR) is 76.7 cm³/mol. The molecule has 1 aliphatic carbocycles. The van der Waals surface area contributed by atoms with E-state index in [1.807, 2.05) is 6.92 Å². The number of carboxylic acid groups (broad SMARTS) is 1. The third kappa shape index (κ3) is 2.54. The van der Waals surface area contributed by atoms with Crippen LogP contribution in [0.3, 0.4) is 0 Å². The number of aryl methyl sites for hydroxylation is 1. The molecule has 0 bridgehead atoms. The first-order valence-corrected chi connectivity index (χ1v) is 6.75. The lowest BCUT2D eigenvalue weighted by atomic mass is 9.84. The number of carbonyl (C=O) groups is 2. The molecule has 0 heterocycles. The number of rotatable bonds is 3. The number of nitrogens with one attached hydrogen (secondary N) is 1. The number of hydrogen-bond acceptors (Lipinski definition) is 3. The number of nitrogens with two attached hydrogens (primary N) is 1. The number of aromatic carboxylic acids is 1. The minimum atomic E-state index is -0.976. The van der Waals surface area contributed by atoms with Gasteiger partial charge < -0.3 is 16.2 Å². The molecule has 1 aliphatic rings. The van der Waals surface area contributed by atoms with Gasteiger partial charge in [0.25, 0.3) is 0 Å². The van der Waals surface area contributed by atoms with Crippen LogP contribution in [0.15, 0.2) is 18.2 Å². The lowest BCUT2D eigenvalue weighted by Crippen LogP contribution is -2.44. The topological polar surface area (TPSA) is 92.4 Å². The number of benzene rings is 1. The number of anilines is 1. The monoisotopic (exact) mass is 276 g/mol.